The molecule has 2 nitrogen and oxygen atoms in total. The molecule has 104 valence electrons. The molecule has 2 aromatic rings. The normalized spacial score (nSPS) is 16.6. The van der Waals surface area contributed by atoms with Crippen LogP contribution in [0.15, 0.2) is 40.9 Å². The molecule has 0 aliphatic carbocycles. The van der Waals surface area contributed by atoms with Crippen LogP contribution in [0, 0.1) is 13.8 Å². The van der Waals surface area contributed by atoms with Crippen LogP contribution in [0.1, 0.15) is 16.7 Å². The Hall–Kier alpha value is -1.48. The first kappa shape index (κ1) is 13.5. The van der Waals surface area contributed by atoms with Gasteiger partial charge in [-0.3, -0.25) is 0 Å². The summed E-state index contributed by atoms with van der Waals surface area (Å²) in [6.45, 7) is 5.08. The van der Waals surface area contributed by atoms with Crippen molar-refractivity contribution in [1.82, 2.24) is 0 Å². The van der Waals surface area contributed by atoms with E-state index in [1.54, 1.807) is 0 Å². The average molecular weight is 332 g/mol. The quantitative estimate of drug-likeness (QED) is 0.895. The molecule has 3 rings (SSSR count). The third-order valence-corrected chi connectivity index (χ3v) is 4.16. The molecular weight excluding hydrogens is 314 g/mol. The van der Waals surface area contributed by atoms with Crippen LogP contribution in [0.5, 0.6) is 5.75 Å². The lowest BCUT2D eigenvalue weighted by Gasteiger charge is -2.14. The van der Waals surface area contributed by atoms with Crippen LogP contribution in [0.25, 0.3) is 0 Å². The predicted molar refractivity (Wildman–Crippen MR) is 86.7 cm³/mol. The molecule has 0 spiro atoms. The van der Waals surface area contributed by atoms with Crippen LogP contribution >= 0.6 is 15.9 Å². The van der Waals surface area contributed by atoms with Gasteiger partial charge in [0.15, 0.2) is 0 Å². The summed E-state index contributed by atoms with van der Waals surface area (Å²) in [7, 11) is 0. The molecule has 0 aromatic heterocycles. The Labute approximate surface area is 128 Å². The molecule has 1 aliphatic heterocycles. The van der Waals surface area contributed by atoms with E-state index in [1.165, 1.54) is 22.4 Å². The molecule has 0 amide bonds. The summed E-state index contributed by atoms with van der Waals surface area (Å²) in [5.41, 5.74) is 5.05. The Kier molecular flexibility index (Phi) is 3.70. The van der Waals surface area contributed by atoms with Crippen molar-refractivity contribution in [3.05, 3.63) is 57.6 Å². The highest BCUT2D eigenvalue weighted by Gasteiger charge is 2.22. The van der Waals surface area contributed by atoms with Crippen LogP contribution in [0.4, 0.5) is 5.69 Å². The molecule has 1 unspecified atom stereocenters. The Morgan fingerprint density at radius 2 is 2.05 bits per heavy atom. The molecule has 0 bridgehead atoms. The molecule has 1 heterocycles. The highest BCUT2D eigenvalue weighted by molar-refractivity contribution is 9.10. The third kappa shape index (κ3) is 2.83. The fourth-order valence-corrected chi connectivity index (χ4v) is 3.05. The van der Waals surface area contributed by atoms with Crippen LogP contribution in [0.3, 0.4) is 0 Å². The Balaban J connectivity index is 1.63. The van der Waals surface area contributed by atoms with Crippen molar-refractivity contribution in [2.45, 2.75) is 26.4 Å². The molecule has 0 radical (unpaired) electrons. The topological polar surface area (TPSA) is 21.3 Å². The lowest BCUT2D eigenvalue weighted by Crippen LogP contribution is -2.24. The number of ether oxygens (including phenoxy) is 1. The van der Waals surface area contributed by atoms with Gasteiger partial charge in [0, 0.05) is 16.6 Å². The van der Waals surface area contributed by atoms with Crippen molar-refractivity contribution < 1.29 is 4.74 Å². The van der Waals surface area contributed by atoms with E-state index in [4.69, 9.17) is 4.74 Å². The molecule has 1 N–H and O–H groups in total. The minimum absolute atomic E-state index is 0.208. The molecular formula is C17H18BrNO. The highest BCUT2D eigenvalue weighted by atomic mass is 79.9. The second-order valence-electron chi connectivity index (χ2n) is 5.40. The van der Waals surface area contributed by atoms with Crippen LogP contribution in [-0.2, 0) is 6.42 Å². The van der Waals surface area contributed by atoms with Crippen molar-refractivity contribution in [3.63, 3.8) is 0 Å². The molecule has 1 aliphatic rings. The van der Waals surface area contributed by atoms with Crippen molar-refractivity contribution in [1.29, 1.82) is 0 Å². The number of hydrogen-bond acceptors (Lipinski definition) is 2. The number of nitrogens with one attached hydrogen (secondary N) is 1. The minimum Gasteiger partial charge on any atom is -0.488 e. The van der Waals surface area contributed by atoms with E-state index in [-0.39, 0.29) is 6.10 Å². The fourth-order valence-electron chi connectivity index (χ4n) is 2.64. The minimum atomic E-state index is 0.208. The van der Waals surface area contributed by atoms with Gasteiger partial charge in [0.1, 0.15) is 11.9 Å². The number of aryl methyl sites for hydroxylation is 2. The summed E-state index contributed by atoms with van der Waals surface area (Å²) in [6.07, 6.45) is 1.17. The monoisotopic (exact) mass is 331 g/mol. The van der Waals surface area contributed by atoms with E-state index in [0.29, 0.717) is 0 Å². The van der Waals surface area contributed by atoms with E-state index in [2.05, 4.69) is 59.4 Å². The molecule has 0 saturated carbocycles. The molecule has 20 heavy (non-hydrogen) atoms. The highest BCUT2D eigenvalue weighted by Crippen LogP contribution is 2.31. The summed E-state index contributed by atoms with van der Waals surface area (Å²) in [4.78, 5) is 0. The average Bonchev–Trinajstić information content (AvgIpc) is 2.79. The van der Waals surface area contributed by atoms with Crippen molar-refractivity contribution in [3.8, 4) is 5.75 Å². The maximum Gasteiger partial charge on any atom is 0.123 e. The number of halogens is 1. The summed E-state index contributed by atoms with van der Waals surface area (Å²) >= 11 is 3.51. The second kappa shape index (κ2) is 5.49. The van der Waals surface area contributed by atoms with Gasteiger partial charge in [-0.25, -0.2) is 0 Å². The third-order valence-electron chi connectivity index (χ3n) is 3.67. The molecule has 3 heteroatoms. The van der Waals surface area contributed by atoms with Gasteiger partial charge in [0.2, 0.25) is 0 Å². The molecule has 0 saturated heterocycles. The predicted octanol–water partition coefficient (Wildman–Crippen LogP) is 4.48. The maximum atomic E-state index is 5.96. The Morgan fingerprint density at radius 3 is 2.85 bits per heavy atom. The number of hydrogen-bond donors (Lipinski definition) is 1. The smallest absolute Gasteiger partial charge is 0.123 e. The van der Waals surface area contributed by atoms with E-state index >= 15 is 0 Å². The summed E-state index contributed by atoms with van der Waals surface area (Å²) in [6, 6.07) is 12.7. The van der Waals surface area contributed by atoms with Crippen LogP contribution in [-0.4, -0.2) is 12.6 Å². The Morgan fingerprint density at radius 1 is 1.20 bits per heavy atom. The Bertz CT molecular complexity index is 639. The van der Waals surface area contributed by atoms with E-state index in [9.17, 15) is 0 Å². The van der Waals surface area contributed by atoms with Gasteiger partial charge in [0.05, 0.1) is 6.54 Å². The molecule has 1 atom stereocenters. The van der Waals surface area contributed by atoms with Gasteiger partial charge >= 0.3 is 0 Å². The zero-order valence-electron chi connectivity index (χ0n) is 11.7. The van der Waals surface area contributed by atoms with Gasteiger partial charge in [-0.05, 0) is 49.2 Å². The lowest BCUT2D eigenvalue weighted by atomic mass is 10.1. The van der Waals surface area contributed by atoms with Crippen molar-refractivity contribution in [2.24, 2.45) is 0 Å². The van der Waals surface area contributed by atoms with Crippen molar-refractivity contribution >= 4 is 21.6 Å². The van der Waals surface area contributed by atoms with Crippen LogP contribution in [0.2, 0.25) is 0 Å². The first-order valence-corrected chi connectivity index (χ1v) is 7.67. The zero-order valence-corrected chi connectivity index (χ0v) is 13.3. The zero-order chi connectivity index (χ0) is 14.1. The number of anilines is 1. The summed E-state index contributed by atoms with van der Waals surface area (Å²) in [5.74, 6) is 1.01. The second-order valence-corrected chi connectivity index (χ2v) is 6.31. The van der Waals surface area contributed by atoms with E-state index in [1.807, 2.05) is 12.1 Å². The lowest BCUT2D eigenvalue weighted by molar-refractivity contribution is 0.246. The van der Waals surface area contributed by atoms with Crippen molar-refractivity contribution in [2.75, 3.05) is 11.9 Å². The molecule has 0 fully saturated rings. The first-order chi connectivity index (χ1) is 9.61. The van der Waals surface area contributed by atoms with Gasteiger partial charge in [0.25, 0.3) is 0 Å². The fraction of sp³-hybridized carbons (Fsp3) is 0.294. The summed E-state index contributed by atoms with van der Waals surface area (Å²) in [5, 5.41) is 3.49. The van der Waals surface area contributed by atoms with Gasteiger partial charge in [-0.1, -0.05) is 33.6 Å². The maximum absolute atomic E-state index is 5.96. The SMILES string of the molecule is Cc1ccc(NCC2Cc3cc(Br)ccc3O2)c(C)c1. The van der Waals surface area contributed by atoms with E-state index < -0.39 is 0 Å². The number of fused-ring (bicyclic) bond motifs is 1. The number of benzene rings is 2. The first-order valence-electron chi connectivity index (χ1n) is 6.88. The molecule has 2 aromatic carbocycles. The van der Waals surface area contributed by atoms with Gasteiger partial charge < -0.3 is 10.1 Å². The van der Waals surface area contributed by atoms with Gasteiger partial charge in [-0.15, -0.1) is 0 Å². The standard InChI is InChI=1S/C17H18BrNO/c1-11-3-5-16(12(2)7-11)19-10-15-9-13-8-14(18)4-6-17(13)20-15/h3-8,15,19H,9-10H2,1-2H3. The number of rotatable bonds is 3. The van der Waals surface area contributed by atoms with Gasteiger partial charge in [-0.2, -0.15) is 0 Å². The van der Waals surface area contributed by atoms with Crippen LogP contribution < -0.4 is 10.1 Å². The largest absolute Gasteiger partial charge is 0.488 e. The van der Waals surface area contributed by atoms with E-state index in [0.717, 1.165) is 23.2 Å². The summed E-state index contributed by atoms with van der Waals surface area (Å²) < 4.78 is 7.08.